The van der Waals surface area contributed by atoms with E-state index in [4.69, 9.17) is 15.2 Å². The van der Waals surface area contributed by atoms with Crippen molar-refractivity contribution >= 4 is 11.7 Å². The Kier molecular flexibility index (Phi) is 4.42. The summed E-state index contributed by atoms with van der Waals surface area (Å²) in [6.45, 7) is 4.15. The van der Waals surface area contributed by atoms with Gasteiger partial charge in [0.2, 0.25) is 0 Å². The summed E-state index contributed by atoms with van der Waals surface area (Å²) < 4.78 is 12.4. The van der Waals surface area contributed by atoms with Crippen molar-refractivity contribution in [3.05, 3.63) is 35.4 Å². The van der Waals surface area contributed by atoms with E-state index in [0.29, 0.717) is 29.4 Å². The number of nitrogen functional groups attached to an aromatic ring is 1. The summed E-state index contributed by atoms with van der Waals surface area (Å²) in [6.07, 6.45) is 0. The monoisotopic (exact) mass is 290 g/mol. The third kappa shape index (κ3) is 3.31. The Bertz CT molecular complexity index is 652. The van der Waals surface area contributed by atoms with E-state index in [2.05, 4.69) is 10.2 Å². The number of aryl methyl sites for hydroxylation is 1. The highest BCUT2D eigenvalue weighted by molar-refractivity contribution is 5.95. The van der Waals surface area contributed by atoms with E-state index in [-0.39, 0.29) is 6.61 Å². The second kappa shape index (κ2) is 6.25. The molecule has 0 unspecified atom stereocenters. The lowest BCUT2D eigenvalue weighted by Gasteiger charge is -2.09. The van der Waals surface area contributed by atoms with Gasteiger partial charge in [0.15, 0.2) is 5.82 Å². The van der Waals surface area contributed by atoms with Gasteiger partial charge in [0.1, 0.15) is 18.2 Å². The third-order valence-corrected chi connectivity index (χ3v) is 3.07. The summed E-state index contributed by atoms with van der Waals surface area (Å²) in [7, 11) is 1.86. The van der Waals surface area contributed by atoms with Crippen LogP contribution >= 0.6 is 0 Å². The number of hydrogen-bond donors (Lipinski definition) is 1. The molecule has 0 saturated heterocycles. The van der Waals surface area contributed by atoms with Crippen LogP contribution in [0.1, 0.15) is 28.9 Å². The molecule has 0 spiro atoms. The number of hydrogen-bond acceptors (Lipinski definition) is 6. The Hall–Kier alpha value is -2.57. The molecule has 0 amide bonds. The predicted molar refractivity (Wildman–Crippen MR) is 76.9 cm³/mol. The lowest BCUT2D eigenvalue weighted by atomic mass is 10.2. The Morgan fingerprint density at radius 3 is 2.76 bits per heavy atom. The van der Waals surface area contributed by atoms with Crippen LogP contribution in [-0.4, -0.2) is 27.3 Å². The van der Waals surface area contributed by atoms with Crippen molar-refractivity contribution < 1.29 is 14.3 Å². The van der Waals surface area contributed by atoms with Crippen LogP contribution in [-0.2, 0) is 18.4 Å². The molecule has 0 bridgehead atoms. The number of esters is 1. The van der Waals surface area contributed by atoms with Gasteiger partial charge in [0.25, 0.3) is 0 Å². The maximum Gasteiger partial charge on any atom is 0.340 e. The highest BCUT2D eigenvalue weighted by atomic mass is 16.5. The van der Waals surface area contributed by atoms with E-state index in [1.165, 1.54) is 0 Å². The molecule has 0 aliphatic carbocycles. The zero-order chi connectivity index (χ0) is 15.4. The molecule has 7 heteroatoms. The molecule has 0 radical (unpaired) electrons. The number of carbonyl (C=O) groups is 1. The van der Waals surface area contributed by atoms with Crippen LogP contribution in [0, 0.1) is 6.92 Å². The van der Waals surface area contributed by atoms with E-state index in [9.17, 15) is 4.79 Å². The highest BCUT2D eigenvalue weighted by Gasteiger charge is 2.13. The number of ether oxygens (including phenoxy) is 2. The number of aromatic nitrogens is 3. The van der Waals surface area contributed by atoms with Gasteiger partial charge in [0.05, 0.1) is 12.2 Å². The Labute approximate surface area is 122 Å². The fraction of sp³-hybridized carbons (Fsp3) is 0.357. The average molecular weight is 290 g/mol. The summed E-state index contributed by atoms with van der Waals surface area (Å²) >= 11 is 0. The normalized spacial score (nSPS) is 10.4. The SMILES string of the molecule is CCOC(=O)c1cc(OCc2nnc(C)n2C)ccc1N. The van der Waals surface area contributed by atoms with Crippen LogP contribution in [0.2, 0.25) is 0 Å². The fourth-order valence-electron chi connectivity index (χ4n) is 1.74. The predicted octanol–water partition coefficient (Wildman–Crippen LogP) is 1.46. The molecule has 0 fully saturated rings. The van der Waals surface area contributed by atoms with Crippen molar-refractivity contribution in [2.45, 2.75) is 20.5 Å². The summed E-state index contributed by atoms with van der Waals surface area (Å²) in [5, 5.41) is 7.96. The number of anilines is 1. The van der Waals surface area contributed by atoms with Crippen LogP contribution in [0.15, 0.2) is 18.2 Å². The van der Waals surface area contributed by atoms with E-state index in [0.717, 1.165) is 5.82 Å². The van der Waals surface area contributed by atoms with Crippen molar-refractivity contribution in [2.24, 2.45) is 7.05 Å². The second-order valence-corrected chi connectivity index (χ2v) is 4.48. The molecule has 1 aromatic heterocycles. The molecule has 21 heavy (non-hydrogen) atoms. The molecule has 0 aliphatic heterocycles. The molecule has 0 aliphatic rings. The maximum atomic E-state index is 11.8. The van der Waals surface area contributed by atoms with Crippen LogP contribution in [0.3, 0.4) is 0 Å². The van der Waals surface area contributed by atoms with Crippen molar-refractivity contribution in [1.29, 1.82) is 0 Å². The van der Waals surface area contributed by atoms with E-state index < -0.39 is 5.97 Å². The largest absolute Gasteiger partial charge is 0.486 e. The first-order valence-corrected chi connectivity index (χ1v) is 6.57. The second-order valence-electron chi connectivity index (χ2n) is 4.48. The standard InChI is InChI=1S/C14H18N4O3/c1-4-20-14(19)11-7-10(5-6-12(11)15)21-8-13-17-16-9(2)18(13)3/h5-7H,4,8,15H2,1-3H3. The van der Waals surface area contributed by atoms with Gasteiger partial charge in [0, 0.05) is 12.7 Å². The van der Waals surface area contributed by atoms with Gasteiger partial charge in [-0.1, -0.05) is 0 Å². The zero-order valence-corrected chi connectivity index (χ0v) is 12.3. The highest BCUT2D eigenvalue weighted by Crippen LogP contribution is 2.21. The fourth-order valence-corrected chi connectivity index (χ4v) is 1.74. The van der Waals surface area contributed by atoms with Gasteiger partial charge in [-0.15, -0.1) is 10.2 Å². The van der Waals surface area contributed by atoms with Crippen LogP contribution < -0.4 is 10.5 Å². The minimum atomic E-state index is -0.463. The topological polar surface area (TPSA) is 92.3 Å². The van der Waals surface area contributed by atoms with Crippen molar-refractivity contribution in [1.82, 2.24) is 14.8 Å². The molecule has 7 nitrogen and oxygen atoms in total. The average Bonchev–Trinajstić information content (AvgIpc) is 2.78. The van der Waals surface area contributed by atoms with Crippen LogP contribution in [0.5, 0.6) is 5.75 Å². The molecule has 2 rings (SSSR count). The summed E-state index contributed by atoms with van der Waals surface area (Å²) in [6, 6.07) is 4.88. The molecule has 2 aromatic rings. The van der Waals surface area contributed by atoms with Gasteiger partial charge in [-0.3, -0.25) is 0 Å². The smallest absolute Gasteiger partial charge is 0.340 e. The van der Waals surface area contributed by atoms with E-state index in [1.54, 1.807) is 25.1 Å². The molecule has 1 aromatic carbocycles. The van der Waals surface area contributed by atoms with Gasteiger partial charge in [-0.2, -0.15) is 0 Å². The lowest BCUT2D eigenvalue weighted by molar-refractivity contribution is 0.0527. The Morgan fingerprint density at radius 2 is 2.14 bits per heavy atom. The van der Waals surface area contributed by atoms with Gasteiger partial charge in [-0.05, 0) is 32.0 Å². The van der Waals surface area contributed by atoms with Crippen LogP contribution in [0.4, 0.5) is 5.69 Å². The summed E-state index contributed by atoms with van der Waals surface area (Å²) in [5.74, 6) is 1.56. The zero-order valence-electron chi connectivity index (χ0n) is 12.3. The van der Waals surface area contributed by atoms with Gasteiger partial charge >= 0.3 is 5.97 Å². The molecular weight excluding hydrogens is 272 g/mol. The van der Waals surface area contributed by atoms with Crippen molar-refractivity contribution in [2.75, 3.05) is 12.3 Å². The number of benzene rings is 1. The first kappa shape index (κ1) is 14.8. The van der Waals surface area contributed by atoms with Gasteiger partial charge < -0.3 is 19.8 Å². The maximum absolute atomic E-state index is 11.8. The van der Waals surface area contributed by atoms with E-state index >= 15 is 0 Å². The minimum absolute atomic E-state index is 0.253. The Balaban J connectivity index is 2.12. The Morgan fingerprint density at radius 1 is 1.38 bits per heavy atom. The molecular formula is C14H18N4O3. The molecule has 0 atom stereocenters. The summed E-state index contributed by atoms with van der Waals surface area (Å²) in [4.78, 5) is 11.8. The number of nitrogens with two attached hydrogens (primary N) is 1. The van der Waals surface area contributed by atoms with Crippen molar-refractivity contribution in [3.8, 4) is 5.75 Å². The van der Waals surface area contributed by atoms with E-state index in [1.807, 2.05) is 18.5 Å². The third-order valence-electron chi connectivity index (χ3n) is 3.07. The number of nitrogens with zero attached hydrogens (tertiary/aromatic N) is 3. The lowest BCUT2D eigenvalue weighted by Crippen LogP contribution is -2.09. The number of rotatable bonds is 5. The minimum Gasteiger partial charge on any atom is -0.486 e. The van der Waals surface area contributed by atoms with Gasteiger partial charge in [-0.25, -0.2) is 4.79 Å². The quantitative estimate of drug-likeness (QED) is 0.662. The molecule has 2 N–H and O–H groups in total. The summed E-state index contributed by atoms with van der Waals surface area (Å²) in [5.41, 5.74) is 6.42. The number of carbonyl (C=O) groups excluding carboxylic acids is 1. The first-order chi connectivity index (χ1) is 10.0. The molecule has 112 valence electrons. The van der Waals surface area contributed by atoms with Crippen LogP contribution in [0.25, 0.3) is 0 Å². The first-order valence-electron chi connectivity index (χ1n) is 6.57. The molecule has 1 heterocycles. The molecule has 0 saturated carbocycles. The van der Waals surface area contributed by atoms with Crippen molar-refractivity contribution in [3.63, 3.8) is 0 Å².